The van der Waals surface area contributed by atoms with Crippen LogP contribution < -0.4 is 0 Å². The number of aryl methyl sites for hydroxylation is 1. The third-order valence-electron chi connectivity index (χ3n) is 3.02. The molecule has 1 aliphatic rings. The zero-order valence-electron chi connectivity index (χ0n) is 10.2. The third-order valence-corrected chi connectivity index (χ3v) is 3.02. The van der Waals surface area contributed by atoms with Gasteiger partial charge in [0.05, 0.1) is 18.0 Å². The number of ketones is 1. The summed E-state index contributed by atoms with van der Waals surface area (Å²) < 4.78 is 5.52. The highest BCUT2D eigenvalue weighted by Gasteiger charge is 2.16. The smallest absolute Gasteiger partial charge is 0.182 e. The second-order valence-electron chi connectivity index (χ2n) is 4.49. The predicted molar refractivity (Wildman–Crippen MR) is 63.9 cm³/mol. The number of hydrogen-bond acceptors (Lipinski definition) is 4. The Balaban J connectivity index is 1.75. The average molecular weight is 234 g/mol. The Morgan fingerprint density at radius 2 is 2.35 bits per heavy atom. The van der Waals surface area contributed by atoms with E-state index < -0.39 is 0 Å². The molecule has 1 saturated heterocycles. The quantitative estimate of drug-likeness (QED) is 0.734. The number of carbonyl (C=O) groups is 1. The van der Waals surface area contributed by atoms with Crippen molar-refractivity contribution in [2.24, 2.45) is 0 Å². The standard InChI is InChI=1S/C13H18N2O2/c1-10-8-15-12(9-14-10)13(16)6-2-4-11-5-3-7-17-11/h8-9,11H,2-7H2,1H3. The van der Waals surface area contributed by atoms with E-state index in [0.29, 0.717) is 18.2 Å². The summed E-state index contributed by atoms with van der Waals surface area (Å²) in [7, 11) is 0. The van der Waals surface area contributed by atoms with Crippen LogP contribution >= 0.6 is 0 Å². The molecule has 0 bridgehead atoms. The molecule has 2 rings (SSSR count). The first-order chi connectivity index (χ1) is 8.25. The van der Waals surface area contributed by atoms with E-state index in [9.17, 15) is 4.79 Å². The number of nitrogens with zero attached hydrogens (tertiary/aromatic N) is 2. The van der Waals surface area contributed by atoms with Gasteiger partial charge in [-0.2, -0.15) is 0 Å². The van der Waals surface area contributed by atoms with Crippen molar-refractivity contribution < 1.29 is 9.53 Å². The minimum Gasteiger partial charge on any atom is -0.378 e. The van der Waals surface area contributed by atoms with Gasteiger partial charge in [0.15, 0.2) is 5.78 Å². The average Bonchev–Trinajstić information content (AvgIpc) is 2.83. The fourth-order valence-corrected chi connectivity index (χ4v) is 2.03. The first kappa shape index (κ1) is 12.2. The minimum atomic E-state index is 0.0792. The summed E-state index contributed by atoms with van der Waals surface area (Å²) in [6, 6.07) is 0. The van der Waals surface area contributed by atoms with Crippen molar-refractivity contribution in [2.75, 3.05) is 6.61 Å². The molecule has 0 radical (unpaired) electrons. The van der Waals surface area contributed by atoms with E-state index in [4.69, 9.17) is 4.74 Å². The van der Waals surface area contributed by atoms with Crippen molar-refractivity contribution >= 4 is 5.78 Å². The van der Waals surface area contributed by atoms with Crippen molar-refractivity contribution in [1.82, 2.24) is 9.97 Å². The van der Waals surface area contributed by atoms with Crippen LogP contribution in [0.3, 0.4) is 0 Å². The minimum absolute atomic E-state index is 0.0792. The number of carbonyl (C=O) groups excluding carboxylic acids is 1. The molecule has 1 unspecified atom stereocenters. The van der Waals surface area contributed by atoms with Crippen LogP contribution in [0.1, 0.15) is 48.3 Å². The van der Waals surface area contributed by atoms with Crippen LogP contribution in [0.15, 0.2) is 12.4 Å². The van der Waals surface area contributed by atoms with E-state index in [1.54, 1.807) is 12.4 Å². The first-order valence-electron chi connectivity index (χ1n) is 6.19. The highest BCUT2D eigenvalue weighted by atomic mass is 16.5. The zero-order valence-corrected chi connectivity index (χ0v) is 10.2. The highest BCUT2D eigenvalue weighted by Crippen LogP contribution is 2.18. The van der Waals surface area contributed by atoms with Gasteiger partial charge in [0.2, 0.25) is 0 Å². The molecule has 1 fully saturated rings. The molecule has 1 aliphatic heterocycles. The number of Topliss-reactive ketones (excluding diaryl/α,β-unsaturated/α-hetero) is 1. The SMILES string of the molecule is Cc1cnc(C(=O)CCCC2CCCO2)cn1. The third kappa shape index (κ3) is 3.60. The molecule has 0 aromatic carbocycles. The maximum Gasteiger partial charge on any atom is 0.182 e. The molecule has 17 heavy (non-hydrogen) atoms. The second kappa shape index (κ2) is 5.87. The highest BCUT2D eigenvalue weighted by molar-refractivity contribution is 5.93. The lowest BCUT2D eigenvalue weighted by Gasteiger charge is -2.07. The van der Waals surface area contributed by atoms with Gasteiger partial charge in [-0.15, -0.1) is 0 Å². The monoisotopic (exact) mass is 234 g/mol. The van der Waals surface area contributed by atoms with E-state index >= 15 is 0 Å². The van der Waals surface area contributed by atoms with Crippen molar-refractivity contribution in [3.8, 4) is 0 Å². The maximum atomic E-state index is 11.8. The largest absolute Gasteiger partial charge is 0.378 e. The lowest BCUT2D eigenvalue weighted by atomic mass is 10.1. The van der Waals surface area contributed by atoms with E-state index in [2.05, 4.69) is 9.97 Å². The molecule has 92 valence electrons. The Morgan fingerprint density at radius 1 is 1.47 bits per heavy atom. The summed E-state index contributed by atoms with van der Waals surface area (Å²) >= 11 is 0. The van der Waals surface area contributed by atoms with Gasteiger partial charge in [-0.05, 0) is 32.6 Å². The van der Waals surface area contributed by atoms with Crippen molar-refractivity contribution in [3.05, 3.63) is 23.8 Å². The topological polar surface area (TPSA) is 52.1 Å². The summed E-state index contributed by atoms with van der Waals surface area (Å²) in [5.41, 5.74) is 1.31. The Bertz CT molecular complexity index is 370. The Hall–Kier alpha value is -1.29. The van der Waals surface area contributed by atoms with Crippen LogP contribution in [0, 0.1) is 6.92 Å². The summed E-state index contributed by atoms with van der Waals surface area (Å²) in [5.74, 6) is 0.0792. The van der Waals surface area contributed by atoms with E-state index in [1.807, 2.05) is 6.92 Å². The van der Waals surface area contributed by atoms with Crippen molar-refractivity contribution in [1.29, 1.82) is 0 Å². The molecule has 4 nitrogen and oxygen atoms in total. The normalized spacial score (nSPS) is 19.5. The molecule has 1 aromatic heterocycles. The van der Waals surface area contributed by atoms with Crippen LogP contribution in [0.4, 0.5) is 0 Å². The molecule has 1 atom stereocenters. The molecule has 0 amide bonds. The molecule has 0 saturated carbocycles. The van der Waals surface area contributed by atoms with Crippen LogP contribution in [0.25, 0.3) is 0 Å². The van der Waals surface area contributed by atoms with Gasteiger partial charge in [-0.25, -0.2) is 4.98 Å². The summed E-state index contributed by atoms with van der Waals surface area (Å²) in [4.78, 5) is 19.9. The summed E-state index contributed by atoms with van der Waals surface area (Å²) in [6.07, 6.45) is 8.24. The van der Waals surface area contributed by atoms with Gasteiger partial charge in [-0.1, -0.05) is 0 Å². The van der Waals surface area contributed by atoms with Crippen molar-refractivity contribution in [2.45, 2.75) is 45.1 Å². The Morgan fingerprint density at radius 3 is 3.00 bits per heavy atom. The lowest BCUT2D eigenvalue weighted by Crippen LogP contribution is -2.08. The molecule has 0 spiro atoms. The number of ether oxygens (including phenoxy) is 1. The summed E-state index contributed by atoms with van der Waals surface area (Å²) in [5, 5.41) is 0. The number of aromatic nitrogens is 2. The first-order valence-corrected chi connectivity index (χ1v) is 6.19. The van der Waals surface area contributed by atoms with Crippen molar-refractivity contribution in [3.63, 3.8) is 0 Å². The fraction of sp³-hybridized carbons (Fsp3) is 0.615. The Labute approximate surface area is 101 Å². The van der Waals surface area contributed by atoms with E-state index in [0.717, 1.165) is 38.0 Å². The van der Waals surface area contributed by atoms with Crippen LogP contribution in [-0.4, -0.2) is 28.5 Å². The van der Waals surface area contributed by atoms with Crippen LogP contribution in [0.5, 0.6) is 0 Å². The predicted octanol–water partition coefficient (Wildman–Crippen LogP) is 2.32. The van der Waals surface area contributed by atoms with Gasteiger partial charge in [0.1, 0.15) is 5.69 Å². The fourth-order valence-electron chi connectivity index (χ4n) is 2.03. The van der Waals surface area contributed by atoms with E-state index in [1.165, 1.54) is 0 Å². The van der Waals surface area contributed by atoms with E-state index in [-0.39, 0.29) is 5.78 Å². The molecule has 0 N–H and O–H groups in total. The molecule has 4 heteroatoms. The maximum absolute atomic E-state index is 11.8. The van der Waals surface area contributed by atoms with Crippen LogP contribution in [0.2, 0.25) is 0 Å². The Kier molecular flexibility index (Phi) is 4.20. The zero-order chi connectivity index (χ0) is 12.1. The van der Waals surface area contributed by atoms with Gasteiger partial charge in [0.25, 0.3) is 0 Å². The summed E-state index contributed by atoms with van der Waals surface area (Å²) in [6.45, 7) is 2.74. The number of hydrogen-bond donors (Lipinski definition) is 0. The van der Waals surface area contributed by atoms with Gasteiger partial charge < -0.3 is 4.74 Å². The van der Waals surface area contributed by atoms with Gasteiger partial charge >= 0.3 is 0 Å². The number of rotatable bonds is 5. The molecule has 0 aliphatic carbocycles. The lowest BCUT2D eigenvalue weighted by molar-refractivity contribution is 0.0919. The molecular weight excluding hydrogens is 216 g/mol. The second-order valence-corrected chi connectivity index (χ2v) is 4.49. The molecule has 1 aromatic rings. The molecule has 2 heterocycles. The molecular formula is C13H18N2O2. The van der Waals surface area contributed by atoms with Gasteiger partial charge in [0, 0.05) is 19.2 Å². The van der Waals surface area contributed by atoms with Crippen LogP contribution in [-0.2, 0) is 4.74 Å². The van der Waals surface area contributed by atoms with Gasteiger partial charge in [-0.3, -0.25) is 9.78 Å².